The molecule has 0 aliphatic carbocycles. The van der Waals surface area contributed by atoms with Crippen molar-refractivity contribution in [2.24, 2.45) is 0 Å². The Kier molecular flexibility index (Phi) is 8.44. The highest BCUT2D eigenvalue weighted by Crippen LogP contribution is 2.26. The van der Waals surface area contributed by atoms with Crippen molar-refractivity contribution >= 4 is 23.0 Å². The van der Waals surface area contributed by atoms with Gasteiger partial charge in [0, 0.05) is 11.3 Å². The Morgan fingerprint density at radius 3 is 1.93 bits per heavy atom. The lowest BCUT2D eigenvalue weighted by Gasteiger charge is -2.20. The molecule has 0 fully saturated rings. The van der Waals surface area contributed by atoms with E-state index in [2.05, 4.69) is 30.2 Å². The van der Waals surface area contributed by atoms with Gasteiger partial charge in [0.2, 0.25) is 0 Å². The lowest BCUT2D eigenvalue weighted by molar-refractivity contribution is -0.275. The van der Waals surface area contributed by atoms with E-state index < -0.39 is 18.8 Å². The van der Waals surface area contributed by atoms with Gasteiger partial charge in [-0.3, -0.25) is 0 Å². The number of hydrogen-bond acceptors (Lipinski definition) is 6. The average Bonchev–Trinajstić information content (AvgIpc) is 3.37. The largest absolute Gasteiger partial charge is 0.573 e. The van der Waals surface area contributed by atoms with Crippen LogP contribution in [0.15, 0.2) is 79.1 Å². The number of benzene rings is 3. The lowest BCUT2D eigenvalue weighted by Crippen LogP contribution is -2.34. The molecule has 0 aliphatic rings. The topological polar surface area (TPSA) is 93.5 Å². The highest BCUT2D eigenvalue weighted by molar-refractivity contribution is 7.80. The molecule has 1 atom stereocenters. The maximum Gasteiger partial charge on any atom is 0.573 e. The van der Waals surface area contributed by atoms with Crippen LogP contribution in [0.4, 0.5) is 32.0 Å². The zero-order valence-electron chi connectivity index (χ0n) is 20.1. The zero-order chi connectivity index (χ0) is 28.9. The van der Waals surface area contributed by atoms with E-state index in [0.717, 1.165) is 12.1 Å². The highest BCUT2D eigenvalue weighted by Gasteiger charge is 2.31. The zero-order valence-corrected chi connectivity index (χ0v) is 20.9. The van der Waals surface area contributed by atoms with Crippen molar-refractivity contribution in [1.82, 2.24) is 20.1 Å². The molecule has 210 valence electrons. The summed E-state index contributed by atoms with van der Waals surface area (Å²) in [5, 5.41) is 20.1. The van der Waals surface area contributed by atoms with Crippen molar-refractivity contribution in [2.45, 2.75) is 18.8 Å². The number of ether oxygens (including phenoxy) is 2. The Morgan fingerprint density at radius 1 is 0.850 bits per heavy atom. The number of aliphatic hydroxyl groups is 1. The van der Waals surface area contributed by atoms with Gasteiger partial charge < -0.3 is 25.2 Å². The van der Waals surface area contributed by atoms with Crippen LogP contribution in [0.1, 0.15) is 11.6 Å². The first-order valence-corrected chi connectivity index (χ1v) is 11.7. The summed E-state index contributed by atoms with van der Waals surface area (Å²) in [5.74, 6) is -0.381. The quantitative estimate of drug-likeness (QED) is 0.178. The number of anilines is 1. The fourth-order valence-electron chi connectivity index (χ4n) is 3.48. The summed E-state index contributed by atoms with van der Waals surface area (Å²) in [6.07, 6.45) is -8.18. The average molecular weight is 584 g/mol. The Bertz CT molecular complexity index is 1430. The Labute approximate surface area is 228 Å². The van der Waals surface area contributed by atoms with Gasteiger partial charge in [-0.1, -0.05) is 12.1 Å². The molecule has 0 amide bonds. The molecular formula is C25H19F6N5O3S. The summed E-state index contributed by atoms with van der Waals surface area (Å²) in [4.78, 5) is 4.23. The first-order chi connectivity index (χ1) is 18.9. The Hall–Kier alpha value is -4.37. The molecule has 1 unspecified atom stereocenters. The number of halogens is 6. The van der Waals surface area contributed by atoms with Crippen LogP contribution < -0.4 is 20.1 Å². The molecule has 0 spiro atoms. The van der Waals surface area contributed by atoms with Crippen molar-refractivity contribution in [2.75, 3.05) is 11.9 Å². The minimum Gasteiger partial charge on any atom is -0.406 e. The van der Waals surface area contributed by atoms with Crippen LogP contribution in [0.2, 0.25) is 0 Å². The van der Waals surface area contributed by atoms with Crippen molar-refractivity contribution in [3.63, 3.8) is 0 Å². The van der Waals surface area contributed by atoms with Crippen LogP contribution in [0.25, 0.3) is 17.1 Å². The minimum atomic E-state index is -4.81. The molecule has 0 saturated heterocycles. The van der Waals surface area contributed by atoms with Crippen LogP contribution in [-0.2, 0) is 0 Å². The van der Waals surface area contributed by atoms with Crippen LogP contribution in [0.5, 0.6) is 11.5 Å². The molecule has 40 heavy (non-hydrogen) atoms. The summed E-state index contributed by atoms with van der Waals surface area (Å²) in [6.45, 7) is -0.382. The lowest BCUT2D eigenvalue weighted by atomic mass is 10.1. The van der Waals surface area contributed by atoms with Gasteiger partial charge in [-0.05, 0) is 78.4 Å². The number of aliphatic hydroxyl groups excluding tert-OH is 1. The molecule has 3 N–H and O–H groups in total. The predicted molar refractivity (Wildman–Crippen MR) is 136 cm³/mol. The molecule has 0 radical (unpaired) electrons. The van der Waals surface area contributed by atoms with E-state index in [-0.39, 0.29) is 23.2 Å². The van der Waals surface area contributed by atoms with Gasteiger partial charge in [0.25, 0.3) is 0 Å². The number of alkyl halides is 6. The first kappa shape index (κ1) is 28.6. The fraction of sp³-hybridized carbons (Fsp3) is 0.160. The van der Waals surface area contributed by atoms with E-state index >= 15 is 0 Å². The summed E-state index contributed by atoms with van der Waals surface area (Å²) in [6, 6.07) is 16.3. The van der Waals surface area contributed by atoms with Gasteiger partial charge in [0.1, 0.15) is 17.8 Å². The summed E-state index contributed by atoms with van der Waals surface area (Å²) in [7, 11) is 0. The smallest absolute Gasteiger partial charge is 0.406 e. The van der Waals surface area contributed by atoms with E-state index in [1.807, 2.05) is 0 Å². The number of hydrogen-bond donors (Lipinski definition) is 3. The Balaban J connectivity index is 1.35. The molecule has 8 nitrogen and oxygen atoms in total. The van der Waals surface area contributed by atoms with Crippen LogP contribution >= 0.6 is 12.2 Å². The second kappa shape index (κ2) is 11.8. The van der Waals surface area contributed by atoms with Gasteiger partial charge >= 0.3 is 12.7 Å². The number of nitrogens with zero attached hydrogens (tertiary/aromatic N) is 3. The first-order valence-electron chi connectivity index (χ1n) is 11.3. The summed E-state index contributed by atoms with van der Waals surface area (Å²) in [5.41, 5.74) is 2.20. The molecule has 0 bridgehead atoms. The van der Waals surface area contributed by atoms with Crippen LogP contribution in [0.3, 0.4) is 0 Å². The standard InChI is InChI=1S/C25H19F6N5O3S/c26-24(27,28)38-19-9-3-15(4-10-19)21(13-37)34-23(40)33-17-5-1-16(2-6-17)22-32-14-36(35-22)18-7-11-20(12-8-18)39-25(29,30)31/h1-12,14,21,37H,13H2,(H2,33,34,40). The third-order valence-electron chi connectivity index (χ3n) is 5.23. The molecule has 0 saturated carbocycles. The third-order valence-corrected chi connectivity index (χ3v) is 5.45. The second-order valence-corrected chi connectivity index (χ2v) is 8.49. The maximum atomic E-state index is 12.4. The van der Waals surface area contributed by atoms with E-state index in [9.17, 15) is 31.4 Å². The predicted octanol–water partition coefficient (Wildman–Crippen LogP) is 5.75. The summed E-state index contributed by atoms with van der Waals surface area (Å²) < 4.78 is 83.2. The molecule has 1 aromatic heterocycles. The fourth-order valence-corrected chi connectivity index (χ4v) is 3.74. The van der Waals surface area contributed by atoms with E-state index in [4.69, 9.17) is 12.2 Å². The molecule has 1 heterocycles. The van der Waals surface area contributed by atoms with Crippen molar-refractivity contribution in [3.8, 4) is 28.6 Å². The normalized spacial score (nSPS) is 12.5. The monoisotopic (exact) mass is 583 g/mol. The van der Waals surface area contributed by atoms with Gasteiger partial charge in [-0.2, -0.15) is 0 Å². The molecule has 15 heteroatoms. The molecule has 4 aromatic rings. The van der Waals surface area contributed by atoms with Gasteiger partial charge in [0.05, 0.1) is 18.3 Å². The van der Waals surface area contributed by atoms with Gasteiger partial charge in [-0.15, -0.1) is 31.4 Å². The van der Waals surface area contributed by atoms with Gasteiger partial charge in [0.15, 0.2) is 10.9 Å². The van der Waals surface area contributed by atoms with Gasteiger partial charge in [-0.25, -0.2) is 9.67 Å². The molecular weight excluding hydrogens is 564 g/mol. The minimum absolute atomic E-state index is 0.155. The van der Waals surface area contributed by atoms with Crippen molar-refractivity contribution in [3.05, 3.63) is 84.7 Å². The van der Waals surface area contributed by atoms with E-state index in [1.54, 1.807) is 24.3 Å². The van der Waals surface area contributed by atoms with Crippen molar-refractivity contribution in [1.29, 1.82) is 0 Å². The third kappa shape index (κ3) is 8.07. The van der Waals surface area contributed by atoms with Crippen LogP contribution in [0, 0.1) is 0 Å². The summed E-state index contributed by atoms with van der Waals surface area (Å²) >= 11 is 5.29. The van der Waals surface area contributed by atoms with Crippen LogP contribution in [-0.4, -0.2) is 44.3 Å². The van der Waals surface area contributed by atoms with Crippen molar-refractivity contribution < 1.29 is 40.9 Å². The molecule has 0 aliphatic heterocycles. The Morgan fingerprint density at radius 2 is 1.40 bits per heavy atom. The number of aromatic nitrogens is 3. The highest BCUT2D eigenvalue weighted by atomic mass is 32.1. The van der Waals surface area contributed by atoms with E-state index in [1.165, 1.54) is 47.4 Å². The molecule has 3 aromatic carbocycles. The maximum absolute atomic E-state index is 12.4. The number of thiocarbonyl (C=S) groups is 1. The second-order valence-electron chi connectivity index (χ2n) is 8.08. The molecule has 4 rings (SSSR count). The van der Waals surface area contributed by atoms with E-state index in [0.29, 0.717) is 28.3 Å². The number of rotatable bonds is 8. The SMILES string of the molecule is OCC(NC(=S)Nc1ccc(-c2ncn(-c3ccc(OC(F)(F)F)cc3)n2)cc1)c1ccc(OC(F)(F)F)cc1. The number of nitrogens with one attached hydrogen (secondary N) is 2.